The van der Waals surface area contributed by atoms with Crippen LogP contribution in [0.3, 0.4) is 0 Å². The van der Waals surface area contributed by atoms with E-state index in [1.165, 1.54) is 30.3 Å². The molecule has 3 aromatic rings. The molecule has 0 aliphatic carbocycles. The van der Waals surface area contributed by atoms with Crippen LogP contribution in [0.4, 0.5) is 4.39 Å². The van der Waals surface area contributed by atoms with Crippen LogP contribution in [0.2, 0.25) is 0 Å². The molecule has 110 valence electrons. The molecule has 3 rings (SSSR count). The summed E-state index contributed by atoms with van der Waals surface area (Å²) in [5.74, 6) is -2.08. The number of fused-ring (bicyclic) bond motifs is 1. The first-order valence-electron chi connectivity index (χ1n) is 6.26. The van der Waals surface area contributed by atoms with Gasteiger partial charge in [0.1, 0.15) is 22.7 Å². The number of halogens is 1. The van der Waals surface area contributed by atoms with E-state index < -0.39 is 23.0 Å². The number of carboxylic acid groups (broad SMARTS) is 1. The number of phenols is 1. The quantitative estimate of drug-likeness (QED) is 0.710. The van der Waals surface area contributed by atoms with Gasteiger partial charge in [0, 0.05) is 17.0 Å². The monoisotopic (exact) mass is 300 g/mol. The fraction of sp³-hybridized carbons (Fsp3) is 0. The molecule has 0 aliphatic heterocycles. The van der Waals surface area contributed by atoms with Crippen molar-refractivity contribution in [2.75, 3.05) is 0 Å². The molecule has 0 unspecified atom stereocenters. The van der Waals surface area contributed by atoms with Gasteiger partial charge >= 0.3 is 11.6 Å². The van der Waals surface area contributed by atoms with Gasteiger partial charge in [0.25, 0.3) is 0 Å². The van der Waals surface area contributed by atoms with Gasteiger partial charge in [0.2, 0.25) is 0 Å². The van der Waals surface area contributed by atoms with Gasteiger partial charge in [-0.3, -0.25) is 0 Å². The van der Waals surface area contributed by atoms with E-state index in [9.17, 15) is 19.1 Å². The van der Waals surface area contributed by atoms with E-state index >= 15 is 0 Å². The number of phenolic OH excluding ortho intramolecular Hbond substituents is 1. The van der Waals surface area contributed by atoms with Crippen molar-refractivity contribution in [1.82, 2.24) is 0 Å². The summed E-state index contributed by atoms with van der Waals surface area (Å²) in [4.78, 5) is 22.5. The van der Waals surface area contributed by atoms with Crippen LogP contribution in [0.25, 0.3) is 22.1 Å². The lowest BCUT2D eigenvalue weighted by Gasteiger charge is -2.07. The summed E-state index contributed by atoms with van der Waals surface area (Å²) in [6, 6.07) is 9.38. The van der Waals surface area contributed by atoms with Crippen LogP contribution in [-0.2, 0) is 0 Å². The summed E-state index contributed by atoms with van der Waals surface area (Å²) in [5, 5.41) is 19.3. The molecular formula is C16H9FO5. The van der Waals surface area contributed by atoms with Crippen LogP contribution in [0.15, 0.2) is 51.7 Å². The number of carboxylic acids is 1. The maximum absolute atomic E-state index is 13.3. The Morgan fingerprint density at radius 2 is 1.91 bits per heavy atom. The zero-order valence-electron chi connectivity index (χ0n) is 11.0. The Morgan fingerprint density at radius 1 is 1.14 bits per heavy atom. The van der Waals surface area contributed by atoms with Crippen molar-refractivity contribution in [3.05, 3.63) is 64.3 Å². The lowest BCUT2D eigenvalue weighted by molar-refractivity contribution is 0.0692. The fourth-order valence-electron chi connectivity index (χ4n) is 2.19. The van der Waals surface area contributed by atoms with Gasteiger partial charge in [-0.05, 0) is 29.8 Å². The lowest BCUT2D eigenvalue weighted by Crippen LogP contribution is -2.12. The van der Waals surface area contributed by atoms with Gasteiger partial charge in [-0.15, -0.1) is 0 Å². The topological polar surface area (TPSA) is 87.7 Å². The molecule has 0 saturated heterocycles. The van der Waals surface area contributed by atoms with E-state index in [2.05, 4.69) is 0 Å². The predicted molar refractivity (Wildman–Crippen MR) is 76.5 cm³/mol. The molecule has 0 amide bonds. The van der Waals surface area contributed by atoms with Gasteiger partial charge in [0.15, 0.2) is 0 Å². The Balaban J connectivity index is 2.29. The molecule has 0 fully saturated rings. The Hall–Kier alpha value is -3.15. The molecule has 22 heavy (non-hydrogen) atoms. The molecule has 0 aliphatic rings. The van der Waals surface area contributed by atoms with E-state index in [1.807, 2.05) is 0 Å². The van der Waals surface area contributed by atoms with Crippen molar-refractivity contribution in [1.29, 1.82) is 0 Å². The zero-order valence-corrected chi connectivity index (χ0v) is 11.0. The van der Waals surface area contributed by atoms with E-state index in [0.29, 0.717) is 16.5 Å². The fourth-order valence-corrected chi connectivity index (χ4v) is 2.19. The summed E-state index contributed by atoms with van der Waals surface area (Å²) in [7, 11) is 0. The summed E-state index contributed by atoms with van der Waals surface area (Å²) < 4.78 is 18.2. The average Bonchev–Trinajstić information content (AvgIpc) is 2.45. The van der Waals surface area contributed by atoms with Crippen LogP contribution in [-0.4, -0.2) is 16.2 Å². The molecule has 0 atom stereocenters. The van der Waals surface area contributed by atoms with Crippen molar-refractivity contribution < 1.29 is 23.8 Å². The van der Waals surface area contributed by atoms with E-state index in [0.717, 1.165) is 6.07 Å². The van der Waals surface area contributed by atoms with Crippen LogP contribution in [0, 0.1) is 5.82 Å². The Labute approximate surface area is 122 Å². The van der Waals surface area contributed by atoms with Crippen LogP contribution in [0.1, 0.15) is 10.4 Å². The molecule has 0 bridgehead atoms. The highest BCUT2D eigenvalue weighted by Crippen LogP contribution is 2.33. The van der Waals surface area contributed by atoms with Crippen molar-refractivity contribution in [3.63, 3.8) is 0 Å². The van der Waals surface area contributed by atoms with Crippen LogP contribution < -0.4 is 5.63 Å². The van der Waals surface area contributed by atoms with Crippen molar-refractivity contribution in [3.8, 4) is 16.9 Å². The maximum Gasteiger partial charge on any atom is 0.351 e. The number of hydrogen-bond acceptors (Lipinski definition) is 4. The first-order valence-corrected chi connectivity index (χ1v) is 6.26. The standard InChI is InChI=1S/C16H9FO5/c17-10-3-1-2-8(4-10)11-5-9-6-12(15(19)20)16(21)22-14(9)7-13(11)18/h1-7,18H,(H,19,20). The molecule has 0 saturated carbocycles. The first-order chi connectivity index (χ1) is 10.5. The van der Waals surface area contributed by atoms with Gasteiger partial charge in [-0.2, -0.15) is 0 Å². The number of aromatic carboxylic acids is 1. The number of hydrogen-bond donors (Lipinski definition) is 2. The second-order valence-corrected chi connectivity index (χ2v) is 4.67. The number of aromatic hydroxyl groups is 1. The smallest absolute Gasteiger partial charge is 0.351 e. The van der Waals surface area contributed by atoms with Crippen LogP contribution >= 0.6 is 0 Å². The summed E-state index contributed by atoms with van der Waals surface area (Å²) in [5.41, 5.74) is -0.742. The third kappa shape index (κ3) is 2.31. The Bertz CT molecular complexity index is 958. The van der Waals surface area contributed by atoms with Crippen LogP contribution in [0.5, 0.6) is 5.75 Å². The van der Waals surface area contributed by atoms with E-state index in [-0.39, 0.29) is 11.3 Å². The molecular weight excluding hydrogens is 291 g/mol. The molecule has 6 heteroatoms. The van der Waals surface area contributed by atoms with E-state index in [1.54, 1.807) is 6.07 Å². The van der Waals surface area contributed by atoms with Gasteiger partial charge < -0.3 is 14.6 Å². The summed E-state index contributed by atoms with van der Waals surface area (Å²) in [6.07, 6.45) is 0. The third-order valence-corrected chi connectivity index (χ3v) is 3.22. The van der Waals surface area contributed by atoms with Gasteiger partial charge in [-0.1, -0.05) is 12.1 Å². The minimum Gasteiger partial charge on any atom is -0.507 e. The maximum atomic E-state index is 13.3. The zero-order chi connectivity index (χ0) is 15.9. The lowest BCUT2D eigenvalue weighted by atomic mass is 10.0. The third-order valence-electron chi connectivity index (χ3n) is 3.22. The van der Waals surface area contributed by atoms with E-state index in [4.69, 9.17) is 9.52 Å². The Kier molecular flexibility index (Phi) is 3.14. The molecule has 2 aromatic carbocycles. The minimum absolute atomic E-state index is 0.0488. The minimum atomic E-state index is -1.41. The van der Waals surface area contributed by atoms with Gasteiger partial charge in [0.05, 0.1) is 0 Å². The highest BCUT2D eigenvalue weighted by Gasteiger charge is 2.15. The normalized spacial score (nSPS) is 10.8. The molecule has 5 nitrogen and oxygen atoms in total. The van der Waals surface area contributed by atoms with Crippen molar-refractivity contribution >= 4 is 16.9 Å². The second kappa shape index (κ2) is 5.00. The molecule has 0 radical (unpaired) electrons. The summed E-state index contributed by atoms with van der Waals surface area (Å²) >= 11 is 0. The molecule has 1 heterocycles. The van der Waals surface area contributed by atoms with Gasteiger partial charge in [-0.25, -0.2) is 14.0 Å². The number of rotatable bonds is 2. The van der Waals surface area contributed by atoms with Crippen molar-refractivity contribution in [2.24, 2.45) is 0 Å². The number of benzene rings is 2. The second-order valence-electron chi connectivity index (χ2n) is 4.67. The molecule has 2 N–H and O–H groups in total. The Morgan fingerprint density at radius 3 is 2.59 bits per heavy atom. The highest BCUT2D eigenvalue weighted by atomic mass is 19.1. The average molecular weight is 300 g/mol. The molecule has 1 aromatic heterocycles. The predicted octanol–water partition coefficient (Wildman–Crippen LogP) is 3.00. The molecule has 0 spiro atoms. The number of carbonyl (C=O) groups is 1. The summed E-state index contributed by atoms with van der Waals surface area (Å²) in [6.45, 7) is 0. The largest absolute Gasteiger partial charge is 0.507 e. The SMILES string of the molecule is O=C(O)c1cc2cc(-c3cccc(F)c3)c(O)cc2oc1=O. The first kappa shape index (κ1) is 13.8. The highest BCUT2D eigenvalue weighted by molar-refractivity contribution is 5.93. The van der Waals surface area contributed by atoms with Crippen molar-refractivity contribution in [2.45, 2.75) is 0 Å².